The number of carbonyl (C=O) groups is 2. The molecule has 0 aliphatic heterocycles. The van der Waals surface area contributed by atoms with Crippen molar-refractivity contribution in [2.24, 2.45) is 0 Å². The molecule has 1 amide bonds. The highest BCUT2D eigenvalue weighted by molar-refractivity contribution is 8.03. The number of halogens is 1. The van der Waals surface area contributed by atoms with Gasteiger partial charge in [0.05, 0.1) is 15.5 Å². The standard InChI is InChI=1S/C12H13ClN2O3S/c1-7(19-3)12(17)15-11-9(6-18-8(2)16)10(13)4-5-14-11/h4-5H,1,6H2,2-3H3,(H,14,15,17). The number of amides is 1. The van der Waals surface area contributed by atoms with Gasteiger partial charge in [0, 0.05) is 13.1 Å². The first-order valence-corrected chi connectivity index (χ1v) is 6.87. The normalized spacial score (nSPS) is 9.84. The fraction of sp³-hybridized carbons (Fsp3) is 0.250. The van der Waals surface area contributed by atoms with Crippen LogP contribution in [0.3, 0.4) is 0 Å². The Morgan fingerprint density at radius 2 is 2.26 bits per heavy atom. The first-order chi connectivity index (χ1) is 8.95. The number of nitrogens with one attached hydrogen (secondary N) is 1. The number of hydrogen-bond donors (Lipinski definition) is 1. The van der Waals surface area contributed by atoms with Gasteiger partial charge in [0.15, 0.2) is 0 Å². The Bertz CT molecular complexity index is 520. The Labute approximate surface area is 120 Å². The van der Waals surface area contributed by atoms with Gasteiger partial charge in [-0.15, -0.1) is 11.8 Å². The maximum absolute atomic E-state index is 11.7. The zero-order valence-corrected chi connectivity index (χ0v) is 12.1. The smallest absolute Gasteiger partial charge is 0.302 e. The molecular formula is C12H13ClN2O3S. The molecule has 0 radical (unpaired) electrons. The molecule has 0 bridgehead atoms. The molecule has 0 saturated carbocycles. The number of ether oxygens (including phenoxy) is 1. The van der Waals surface area contributed by atoms with Crippen molar-refractivity contribution >= 4 is 41.1 Å². The van der Waals surface area contributed by atoms with Gasteiger partial charge in [-0.05, 0) is 12.3 Å². The average molecular weight is 301 g/mol. The third-order valence-electron chi connectivity index (χ3n) is 2.15. The number of esters is 1. The largest absolute Gasteiger partial charge is 0.461 e. The lowest BCUT2D eigenvalue weighted by atomic mass is 10.2. The first kappa shape index (κ1) is 15.5. The minimum atomic E-state index is -0.439. The molecule has 1 N–H and O–H groups in total. The molecule has 0 spiro atoms. The van der Waals surface area contributed by atoms with Crippen molar-refractivity contribution in [3.63, 3.8) is 0 Å². The molecule has 5 nitrogen and oxygen atoms in total. The number of nitrogens with zero attached hydrogens (tertiary/aromatic N) is 1. The Morgan fingerprint density at radius 3 is 2.84 bits per heavy atom. The third-order valence-corrected chi connectivity index (χ3v) is 3.18. The van der Waals surface area contributed by atoms with Gasteiger partial charge < -0.3 is 10.1 Å². The Kier molecular flexibility index (Phi) is 5.85. The van der Waals surface area contributed by atoms with Crippen LogP contribution in [0, 0.1) is 0 Å². The topological polar surface area (TPSA) is 68.3 Å². The molecule has 1 aromatic rings. The number of carbonyl (C=O) groups excluding carboxylic acids is 2. The highest BCUT2D eigenvalue weighted by atomic mass is 35.5. The van der Waals surface area contributed by atoms with Crippen molar-refractivity contribution < 1.29 is 14.3 Å². The molecule has 7 heteroatoms. The lowest BCUT2D eigenvalue weighted by Crippen LogP contribution is -2.15. The van der Waals surface area contributed by atoms with Gasteiger partial charge in [-0.2, -0.15) is 0 Å². The van der Waals surface area contributed by atoms with E-state index >= 15 is 0 Å². The number of hydrogen-bond acceptors (Lipinski definition) is 5. The van der Waals surface area contributed by atoms with E-state index in [1.54, 1.807) is 12.3 Å². The van der Waals surface area contributed by atoms with Crippen molar-refractivity contribution in [3.05, 3.63) is 34.3 Å². The van der Waals surface area contributed by atoms with Gasteiger partial charge in [0.25, 0.3) is 5.91 Å². The van der Waals surface area contributed by atoms with E-state index in [1.807, 2.05) is 0 Å². The van der Waals surface area contributed by atoms with Crippen molar-refractivity contribution in [1.29, 1.82) is 0 Å². The summed E-state index contributed by atoms with van der Waals surface area (Å²) < 4.78 is 4.88. The number of aromatic nitrogens is 1. The van der Waals surface area contributed by atoms with Crippen LogP contribution in [-0.4, -0.2) is 23.1 Å². The second-order valence-electron chi connectivity index (χ2n) is 3.48. The van der Waals surface area contributed by atoms with E-state index in [4.69, 9.17) is 16.3 Å². The Balaban J connectivity index is 2.93. The molecule has 0 aromatic carbocycles. The maximum atomic E-state index is 11.7. The first-order valence-electron chi connectivity index (χ1n) is 5.26. The number of anilines is 1. The summed E-state index contributed by atoms with van der Waals surface area (Å²) in [7, 11) is 0. The van der Waals surface area contributed by atoms with Crippen LogP contribution in [0.1, 0.15) is 12.5 Å². The van der Waals surface area contributed by atoms with Crippen molar-refractivity contribution in [2.75, 3.05) is 11.6 Å². The molecule has 0 aliphatic rings. The van der Waals surface area contributed by atoms with E-state index in [0.717, 1.165) is 0 Å². The summed E-state index contributed by atoms with van der Waals surface area (Å²) >= 11 is 7.23. The van der Waals surface area contributed by atoms with Gasteiger partial charge in [-0.1, -0.05) is 18.2 Å². The van der Waals surface area contributed by atoms with Gasteiger partial charge in [-0.25, -0.2) is 4.98 Å². The molecule has 0 aliphatic carbocycles. The average Bonchev–Trinajstić information content (AvgIpc) is 2.36. The van der Waals surface area contributed by atoms with E-state index in [2.05, 4.69) is 16.9 Å². The molecular weight excluding hydrogens is 288 g/mol. The van der Waals surface area contributed by atoms with Crippen LogP contribution in [0.5, 0.6) is 0 Å². The number of rotatable bonds is 5. The van der Waals surface area contributed by atoms with E-state index in [-0.39, 0.29) is 18.3 Å². The minimum Gasteiger partial charge on any atom is -0.461 e. The highest BCUT2D eigenvalue weighted by Crippen LogP contribution is 2.24. The lowest BCUT2D eigenvalue weighted by Gasteiger charge is -2.11. The zero-order valence-electron chi connectivity index (χ0n) is 10.5. The summed E-state index contributed by atoms with van der Waals surface area (Å²) in [5.41, 5.74) is 0.446. The molecule has 1 heterocycles. The quantitative estimate of drug-likeness (QED) is 0.669. The van der Waals surface area contributed by atoms with Gasteiger partial charge in [0.2, 0.25) is 0 Å². The van der Waals surface area contributed by atoms with Crippen molar-refractivity contribution in [3.8, 4) is 0 Å². The summed E-state index contributed by atoms with van der Waals surface area (Å²) in [5, 5.41) is 2.94. The lowest BCUT2D eigenvalue weighted by molar-refractivity contribution is -0.142. The van der Waals surface area contributed by atoms with E-state index in [0.29, 0.717) is 15.5 Å². The summed E-state index contributed by atoms with van der Waals surface area (Å²) in [5.74, 6) is -0.550. The summed E-state index contributed by atoms with van der Waals surface area (Å²) in [6.07, 6.45) is 3.20. The Hall–Kier alpha value is -1.53. The van der Waals surface area contributed by atoms with E-state index < -0.39 is 5.97 Å². The van der Waals surface area contributed by atoms with Crippen LogP contribution in [0.15, 0.2) is 23.7 Å². The monoisotopic (exact) mass is 300 g/mol. The summed E-state index contributed by atoms with van der Waals surface area (Å²) in [4.78, 5) is 26.9. The predicted octanol–water partition coefficient (Wildman–Crippen LogP) is 2.61. The zero-order chi connectivity index (χ0) is 14.4. The molecule has 0 saturated heterocycles. The SMILES string of the molecule is C=C(SC)C(=O)Nc1nccc(Cl)c1COC(C)=O. The molecule has 0 unspecified atom stereocenters. The highest BCUT2D eigenvalue weighted by Gasteiger charge is 2.14. The van der Waals surface area contributed by atoms with Crippen molar-refractivity contribution in [1.82, 2.24) is 4.98 Å². The Morgan fingerprint density at radius 1 is 1.58 bits per heavy atom. The predicted molar refractivity (Wildman–Crippen MR) is 76.0 cm³/mol. The fourth-order valence-electron chi connectivity index (χ4n) is 1.16. The second-order valence-corrected chi connectivity index (χ2v) is 4.79. The van der Waals surface area contributed by atoms with E-state index in [1.165, 1.54) is 24.9 Å². The van der Waals surface area contributed by atoms with Crippen molar-refractivity contribution in [2.45, 2.75) is 13.5 Å². The fourth-order valence-corrected chi connectivity index (χ4v) is 1.59. The van der Waals surface area contributed by atoms with Gasteiger partial charge in [-0.3, -0.25) is 9.59 Å². The molecule has 102 valence electrons. The molecule has 1 aromatic heterocycles. The molecule has 1 rings (SSSR count). The van der Waals surface area contributed by atoms with Crippen LogP contribution in [0.4, 0.5) is 5.82 Å². The third kappa shape index (κ3) is 4.57. The second kappa shape index (κ2) is 7.16. The molecule has 0 fully saturated rings. The van der Waals surface area contributed by atoms with Crippen LogP contribution < -0.4 is 5.32 Å². The number of thioether (sulfide) groups is 1. The van der Waals surface area contributed by atoms with Crippen LogP contribution in [0.2, 0.25) is 5.02 Å². The van der Waals surface area contributed by atoms with Gasteiger partial charge >= 0.3 is 5.97 Å². The summed E-state index contributed by atoms with van der Waals surface area (Å²) in [6, 6.07) is 1.55. The maximum Gasteiger partial charge on any atom is 0.302 e. The minimum absolute atomic E-state index is 0.0522. The van der Waals surface area contributed by atoms with Crippen LogP contribution >= 0.6 is 23.4 Å². The van der Waals surface area contributed by atoms with E-state index in [9.17, 15) is 9.59 Å². The molecule has 0 atom stereocenters. The number of pyridine rings is 1. The van der Waals surface area contributed by atoms with Gasteiger partial charge in [0.1, 0.15) is 12.4 Å². The van der Waals surface area contributed by atoms with Crippen LogP contribution in [-0.2, 0) is 20.9 Å². The van der Waals surface area contributed by atoms with Crippen LogP contribution in [0.25, 0.3) is 0 Å². The summed E-state index contributed by atoms with van der Waals surface area (Å²) in [6.45, 7) is 4.84. The molecule has 19 heavy (non-hydrogen) atoms.